The van der Waals surface area contributed by atoms with Crippen LogP contribution in [0.15, 0.2) is 24.3 Å². The first kappa shape index (κ1) is 19.7. The SMILES string of the molecule is Cc1nc(N2CCC3(CC2)C[C@](C)(O)[C@@H](NC(=O)C2CC2)CO3)c2ccccc2n1. The first-order chi connectivity index (χ1) is 14.4. The van der Waals surface area contributed by atoms with Crippen molar-refractivity contribution in [3.8, 4) is 0 Å². The van der Waals surface area contributed by atoms with E-state index in [0.717, 1.165) is 61.3 Å². The molecule has 1 aliphatic carbocycles. The Morgan fingerprint density at radius 1 is 1.23 bits per heavy atom. The number of anilines is 1. The van der Waals surface area contributed by atoms with E-state index in [2.05, 4.69) is 21.3 Å². The Morgan fingerprint density at radius 3 is 2.67 bits per heavy atom. The maximum Gasteiger partial charge on any atom is 0.223 e. The molecular weight excluding hydrogens is 380 g/mol. The summed E-state index contributed by atoms with van der Waals surface area (Å²) in [4.78, 5) is 23.8. The summed E-state index contributed by atoms with van der Waals surface area (Å²) in [5.41, 5.74) is -0.353. The summed E-state index contributed by atoms with van der Waals surface area (Å²) in [6.07, 6.45) is 4.09. The molecule has 1 spiro atoms. The Labute approximate surface area is 176 Å². The van der Waals surface area contributed by atoms with E-state index in [4.69, 9.17) is 9.72 Å². The van der Waals surface area contributed by atoms with Crippen LogP contribution in [0.2, 0.25) is 0 Å². The van der Waals surface area contributed by atoms with Crippen molar-refractivity contribution < 1.29 is 14.6 Å². The Kier molecular flexibility index (Phi) is 4.71. The molecule has 0 radical (unpaired) electrons. The third-order valence-corrected chi connectivity index (χ3v) is 6.92. The molecule has 2 aliphatic heterocycles. The molecule has 0 bridgehead atoms. The van der Waals surface area contributed by atoms with Crippen LogP contribution in [0.25, 0.3) is 10.9 Å². The Morgan fingerprint density at radius 2 is 1.97 bits per heavy atom. The monoisotopic (exact) mass is 410 g/mol. The van der Waals surface area contributed by atoms with E-state index in [1.54, 1.807) is 0 Å². The van der Waals surface area contributed by atoms with Gasteiger partial charge in [0.15, 0.2) is 0 Å². The van der Waals surface area contributed by atoms with Crippen LogP contribution in [0.5, 0.6) is 0 Å². The molecule has 1 amide bonds. The molecule has 2 saturated heterocycles. The van der Waals surface area contributed by atoms with Gasteiger partial charge in [-0.3, -0.25) is 4.79 Å². The van der Waals surface area contributed by atoms with Gasteiger partial charge in [0.1, 0.15) is 11.6 Å². The minimum Gasteiger partial charge on any atom is -0.388 e. The molecule has 7 nitrogen and oxygen atoms in total. The average Bonchev–Trinajstić information content (AvgIpc) is 3.55. The van der Waals surface area contributed by atoms with Crippen molar-refractivity contribution in [1.29, 1.82) is 0 Å². The van der Waals surface area contributed by atoms with Crippen LogP contribution in [0.1, 0.15) is 44.9 Å². The Balaban J connectivity index is 1.29. The van der Waals surface area contributed by atoms with Crippen LogP contribution >= 0.6 is 0 Å². The van der Waals surface area contributed by atoms with Gasteiger partial charge in [-0.25, -0.2) is 9.97 Å². The van der Waals surface area contributed by atoms with Gasteiger partial charge >= 0.3 is 0 Å². The Hall–Kier alpha value is -2.25. The molecule has 1 saturated carbocycles. The third-order valence-electron chi connectivity index (χ3n) is 6.92. The summed E-state index contributed by atoms with van der Waals surface area (Å²) in [7, 11) is 0. The first-order valence-electron chi connectivity index (χ1n) is 11.0. The highest BCUT2D eigenvalue weighted by Crippen LogP contribution is 2.41. The number of fused-ring (bicyclic) bond motifs is 1. The number of hydrogen-bond acceptors (Lipinski definition) is 6. The van der Waals surface area contributed by atoms with E-state index in [1.807, 2.05) is 32.0 Å². The number of aliphatic hydroxyl groups is 1. The van der Waals surface area contributed by atoms with E-state index in [0.29, 0.717) is 13.0 Å². The van der Waals surface area contributed by atoms with Crippen LogP contribution in [-0.2, 0) is 9.53 Å². The van der Waals surface area contributed by atoms with Gasteiger partial charge in [-0.15, -0.1) is 0 Å². The van der Waals surface area contributed by atoms with Gasteiger partial charge in [-0.1, -0.05) is 12.1 Å². The molecule has 160 valence electrons. The van der Waals surface area contributed by atoms with Gasteiger partial charge in [0.05, 0.1) is 29.4 Å². The standard InChI is InChI=1S/C23H30N4O3/c1-15-24-18-6-4-3-5-17(18)20(25-15)27-11-9-23(10-12-27)14-22(2,29)19(13-30-23)26-21(28)16-7-8-16/h3-6,16,19,29H,7-14H2,1-2H3,(H,26,28)/t19-,22-/m0/s1. The van der Waals surface area contributed by atoms with Gasteiger partial charge in [0, 0.05) is 30.8 Å². The molecule has 3 aliphatic rings. The molecule has 3 fully saturated rings. The van der Waals surface area contributed by atoms with Crippen LogP contribution in [0.4, 0.5) is 5.82 Å². The number of nitrogens with one attached hydrogen (secondary N) is 1. The Bertz CT molecular complexity index is 964. The minimum atomic E-state index is -0.969. The number of carbonyl (C=O) groups excluding carboxylic acids is 1. The minimum absolute atomic E-state index is 0.0562. The average molecular weight is 411 g/mol. The molecule has 1 aromatic heterocycles. The fraction of sp³-hybridized carbons (Fsp3) is 0.609. The van der Waals surface area contributed by atoms with Crippen molar-refractivity contribution in [3.05, 3.63) is 30.1 Å². The van der Waals surface area contributed by atoms with E-state index in [-0.39, 0.29) is 23.5 Å². The summed E-state index contributed by atoms with van der Waals surface area (Å²) in [6, 6.07) is 7.77. The lowest BCUT2D eigenvalue weighted by atomic mass is 9.75. The molecule has 2 atom stereocenters. The lowest BCUT2D eigenvalue weighted by Gasteiger charge is -2.51. The van der Waals surface area contributed by atoms with Gasteiger partial charge in [-0.2, -0.15) is 0 Å². The highest BCUT2D eigenvalue weighted by molar-refractivity contribution is 5.89. The predicted molar refractivity (Wildman–Crippen MR) is 114 cm³/mol. The summed E-state index contributed by atoms with van der Waals surface area (Å²) < 4.78 is 6.32. The van der Waals surface area contributed by atoms with Crippen LogP contribution in [0, 0.1) is 12.8 Å². The number of carbonyl (C=O) groups is 1. The lowest BCUT2D eigenvalue weighted by molar-refractivity contribution is -0.181. The van der Waals surface area contributed by atoms with E-state index < -0.39 is 5.60 Å². The largest absolute Gasteiger partial charge is 0.388 e. The molecular formula is C23H30N4O3. The number of ether oxygens (including phenoxy) is 1. The topological polar surface area (TPSA) is 87.6 Å². The second-order valence-corrected chi connectivity index (χ2v) is 9.46. The van der Waals surface area contributed by atoms with E-state index in [9.17, 15) is 9.90 Å². The zero-order valence-electron chi connectivity index (χ0n) is 17.7. The molecule has 7 heteroatoms. The third kappa shape index (κ3) is 3.65. The van der Waals surface area contributed by atoms with Gasteiger partial charge in [-0.05, 0) is 51.7 Å². The maximum atomic E-state index is 12.2. The number of rotatable bonds is 3. The lowest BCUT2D eigenvalue weighted by Crippen LogP contribution is -2.64. The van der Waals surface area contributed by atoms with E-state index >= 15 is 0 Å². The second-order valence-electron chi connectivity index (χ2n) is 9.46. The number of benzene rings is 1. The number of aromatic nitrogens is 2. The fourth-order valence-electron chi connectivity index (χ4n) is 4.96. The number of amides is 1. The predicted octanol–water partition coefficient (Wildman–Crippen LogP) is 2.34. The number of piperidine rings is 1. The summed E-state index contributed by atoms with van der Waals surface area (Å²) in [6.45, 7) is 5.76. The van der Waals surface area contributed by atoms with Crippen molar-refractivity contribution in [3.63, 3.8) is 0 Å². The zero-order valence-corrected chi connectivity index (χ0v) is 17.7. The quantitative estimate of drug-likeness (QED) is 0.808. The number of para-hydroxylation sites is 1. The number of nitrogens with zero attached hydrogens (tertiary/aromatic N) is 3. The van der Waals surface area contributed by atoms with Gasteiger partial charge < -0.3 is 20.1 Å². The second kappa shape index (κ2) is 7.17. The molecule has 1 aromatic carbocycles. The molecule has 2 aromatic rings. The molecule has 5 rings (SSSR count). The summed E-state index contributed by atoms with van der Waals surface area (Å²) >= 11 is 0. The van der Waals surface area contributed by atoms with E-state index in [1.165, 1.54) is 0 Å². The smallest absolute Gasteiger partial charge is 0.223 e. The number of hydrogen-bond donors (Lipinski definition) is 2. The van der Waals surface area contributed by atoms with Crippen molar-refractivity contribution in [2.24, 2.45) is 5.92 Å². The van der Waals surface area contributed by atoms with Gasteiger partial charge in [0.25, 0.3) is 0 Å². The summed E-state index contributed by atoms with van der Waals surface area (Å²) in [5, 5.41) is 15.2. The molecule has 0 unspecified atom stereocenters. The molecule has 2 N–H and O–H groups in total. The number of aryl methyl sites for hydroxylation is 1. The first-order valence-corrected chi connectivity index (χ1v) is 11.0. The van der Waals surface area contributed by atoms with Crippen molar-refractivity contribution >= 4 is 22.6 Å². The molecule has 30 heavy (non-hydrogen) atoms. The van der Waals surface area contributed by atoms with Crippen molar-refractivity contribution in [1.82, 2.24) is 15.3 Å². The van der Waals surface area contributed by atoms with Crippen LogP contribution in [0.3, 0.4) is 0 Å². The summed E-state index contributed by atoms with van der Waals surface area (Å²) in [5.74, 6) is 1.94. The van der Waals surface area contributed by atoms with Crippen LogP contribution < -0.4 is 10.2 Å². The highest BCUT2D eigenvalue weighted by Gasteiger charge is 2.50. The van der Waals surface area contributed by atoms with Gasteiger partial charge in [0.2, 0.25) is 5.91 Å². The maximum absolute atomic E-state index is 12.2. The molecule has 3 heterocycles. The normalized spacial score (nSPS) is 28.6. The van der Waals surface area contributed by atoms with Crippen LogP contribution in [-0.4, -0.2) is 57.9 Å². The highest BCUT2D eigenvalue weighted by atomic mass is 16.5. The van der Waals surface area contributed by atoms with Crippen molar-refractivity contribution in [2.75, 3.05) is 24.6 Å². The zero-order chi connectivity index (χ0) is 20.9. The fourth-order valence-corrected chi connectivity index (χ4v) is 4.96. The van der Waals surface area contributed by atoms with Crippen molar-refractivity contribution in [2.45, 2.75) is 63.2 Å².